The number of esters is 1. The number of likely N-dealkylation sites (tertiary alicyclic amines) is 1. The fourth-order valence-corrected chi connectivity index (χ4v) is 2.97. The topological polar surface area (TPSA) is 38.8 Å². The van der Waals surface area contributed by atoms with E-state index in [-0.39, 0.29) is 24.5 Å². The van der Waals surface area contributed by atoms with Gasteiger partial charge in [0, 0.05) is 19.6 Å². The Labute approximate surface area is 155 Å². The smallest absolute Gasteiger partial charge is 0.338 e. The molecule has 1 saturated heterocycles. The third-order valence-electron chi connectivity index (χ3n) is 4.38. The highest BCUT2D eigenvalue weighted by molar-refractivity contribution is 5.89. The lowest BCUT2D eigenvalue weighted by atomic mass is 10.1. The molecule has 25 heavy (non-hydrogen) atoms. The van der Waals surface area contributed by atoms with E-state index in [2.05, 4.69) is 17.0 Å². The van der Waals surface area contributed by atoms with Gasteiger partial charge >= 0.3 is 5.97 Å². The summed E-state index contributed by atoms with van der Waals surface area (Å²) < 4.78 is 10.8. The van der Waals surface area contributed by atoms with Crippen molar-refractivity contribution in [3.63, 3.8) is 0 Å². The van der Waals surface area contributed by atoms with Gasteiger partial charge in [-0.2, -0.15) is 0 Å². The SMILES string of the molecule is COc1ccc(CN2CCC(OC(=O)c3ccccc3)CC2)cc1.Cl. The van der Waals surface area contributed by atoms with Crippen LogP contribution in [0.25, 0.3) is 0 Å². The van der Waals surface area contributed by atoms with Gasteiger partial charge in [-0.05, 0) is 42.7 Å². The van der Waals surface area contributed by atoms with E-state index >= 15 is 0 Å². The lowest BCUT2D eigenvalue weighted by Crippen LogP contribution is -2.37. The standard InChI is InChI=1S/C20H23NO3.ClH/c1-23-18-9-7-16(8-10-18)15-21-13-11-19(12-14-21)24-20(22)17-5-3-2-4-6-17;/h2-10,19H,11-15H2,1H3;1H. The molecule has 2 aromatic rings. The summed E-state index contributed by atoms with van der Waals surface area (Å²) in [5, 5.41) is 0. The lowest BCUT2D eigenvalue weighted by molar-refractivity contribution is 0.0104. The van der Waals surface area contributed by atoms with Crippen LogP contribution in [-0.2, 0) is 11.3 Å². The Morgan fingerprint density at radius 2 is 1.68 bits per heavy atom. The zero-order valence-corrected chi connectivity index (χ0v) is 15.2. The van der Waals surface area contributed by atoms with Crippen molar-refractivity contribution >= 4 is 18.4 Å². The van der Waals surface area contributed by atoms with Crippen LogP contribution in [0.3, 0.4) is 0 Å². The zero-order chi connectivity index (χ0) is 16.8. The third-order valence-corrected chi connectivity index (χ3v) is 4.38. The fraction of sp³-hybridized carbons (Fsp3) is 0.350. The van der Waals surface area contributed by atoms with Crippen molar-refractivity contribution in [2.24, 2.45) is 0 Å². The Hall–Kier alpha value is -2.04. The minimum absolute atomic E-state index is 0. The van der Waals surface area contributed by atoms with Crippen molar-refractivity contribution in [3.05, 3.63) is 65.7 Å². The van der Waals surface area contributed by atoms with Crippen molar-refractivity contribution in [3.8, 4) is 5.75 Å². The molecule has 0 bridgehead atoms. The molecule has 3 rings (SSSR count). The quantitative estimate of drug-likeness (QED) is 0.756. The molecule has 0 spiro atoms. The Morgan fingerprint density at radius 3 is 2.28 bits per heavy atom. The Morgan fingerprint density at radius 1 is 1.04 bits per heavy atom. The second kappa shape index (κ2) is 9.44. The molecule has 1 fully saturated rings. The third kappa shape index (κ3) is 5.48. The van der Waals surface area contributed by atoms with E-state index < -0.39 is 0 Å². The van der Waals surface area contributed by atoms with Gasteiger partial charge in [0.2, 0.25) is 0 Å². The van der Waals surface area contributed by atoms with Crippen LogP contribution in [0.5, 0.6) is 5.75 Å². The molecule has 0 N–H and O–H groups in total. The Kier molecular flexibility index (Phi) is 7.29. The molecule has 4 nitrogen and oxygen atoms in total. The summed E-state index contributed by atoms with van der Waals surface area (Å²) in [6, 6.07) is 17.4. The van der Waals surface area contributed by atoms with E-state index in [1.165, 1.54) is 5.56 Å². The largest absolute Gasteiger partial charge is 0.497 e. The molecule has 5 heteroatoms. The van der Waals surface area contributed by atoms with Crippen LogP contribution < -0.4 is 4.74 Å². The number of carbonyl (C=O) groups is 1. The van der Waals surface area contributed by atoms with Gasteiger partial charge in [-0.15, -0.1) is 12.4 Å². The summed E-state index contributed by atoms with van der Waals surface area (Å²) in [4.78, 5) is 14.5. The van der Waals surface area contributed by atoms with Crippen LogP contribution in [0.1, 0.15) is 28.8 Å². The Bertz CT molecular complexity index is 652. The number of nitrogens with zero attached hydrogens (tertiary/aromatic N) is 1. The maximum absolute atomic E-state index is 12.1. The summed E-state index contributed by atoms with van der Waals surface area (Å²) in [6.45, 7) is 2.81. The second-order valence-corrected chi connectivity index (χ2v) is 6.09. The molecule has 0 amide bonds. The van der Waals surface area contributed by atoms with Crippen LogP contribution in [-0.4, -0.2) is 37.2 Å². The van der Waals surface area contributed by atoms with E-state index in [1.54, 1.807) is 19.2 Å². The number of halogens is 1. The van der Waals surface area contributed by atoms with Crippen molar-refractivity contribution in [2.45, 2.75) is 25.5 Å². The van der Waals surface area contributed by atoms with E-state index in [1.807, 2.05) is 30.3 Å². The predicted molar refractivity (Wildman–Crippen MR) is 100 cm³/mol. The van der Waals surface area contributed by atoms with Gasteiger partial charge < -0.3 is 9.47 Å². The highest BCUT2D eigenvalue weighted by atomic mass is 35.5. The molecule has 0 saturated carbocycles. The first-order valence-corrected chi connectivity index (χ1v) is 8.36. The number of methoxy groups -OCH3 is 1. The highest BCUT2D eigenvalue weighted by Crippen LogP contribution is 2.19. The van der Waals surface area contributed by atoms with E-state index in [4.69, 9.17) is 9.47 Å². The van der Waals surface area contributed by atoms with Gasteiger partial charge in [0.25, 0.3) is 0 Å². The average Bonchev–Trinajstić information content (AvgIpc) is 2.65. The minimum Gasteiger partial charge on any atom is -0.497 e. The number of ether oxygens (including phenoxy) is 2. The van der Waals surface area contributed by atoms with E-state index in [0.717, 1.165) is 38.2 Å². The van der Waals surface area contributed by atoms with Gasteiger partial charge in [-0.25, -0.2) is 4.79 Å². The van der Waals surface area contributed by atoms with Gasteiger partial charge in [0.1, 0.15) is 11.9 Å². The predicted octanol–water partition coefficient (Wildman–Crippen LogP) is 3.94. The molecule has 1 heterocycles. The fourth-order valence-electron chi connectivity index (χ4n) is 2.97. The van der Waals surface area contributed by atoms with Crippen LogP contribution in [0.2, 0.25) is 0 Å². The number of rotatable bonds is 5. The molecular formula is C20H24ClNO3. The van der Waals surface area contributed by atoms with Crippen LogP contribution >= 0.6 is 12.4 Å². The first kappa shape index (κ1) is 19.3. The van der Waals surface area contributed by atoms with Crippen molar-refractivity contribution in [2.75, 3.05) is 20.2 Å². The normalized spacial score (nSPS) is 15.2. The van der Waals surface area contributed by atoms with Gasteiger partial charge in [-0.1, -0.05) is 30.3 Å². The van der Waals surface area contributed by atoms with Crippen LogP contribution in [0.15, 0.2) is 54.6 Å². The van der Waals surface area contributed by atoms with E-state index in [0.29, 0.717) is 5.56 Å². The maximum Gasteiger partial charge on any atom is 0.338 e. The second-order valence-electron chi connectivity index (χ2n) is 6.09. The summed E-state index contributed by atoms with van der Waals surface area (Å²) >= 11 is 0. The molecule has 0 unspecified atom stereocenters. The summed E-state index contributed by atoms with van der Waals surface area (Å²) in [7, 11) is 1.68. The average molecular weight is 362 g/mol. The number of piperidine rings is 1. The monoisotopic (exact) mass is 361 g/mol. The summed E-state index contributed by atoms with van der Waals surface area (Å²) in [5.74, 6) is 0.662. The molecule has 2 aromatic carbocycles. The first-order chi connectivity index (χ1) is 11.7. The number of hydrogen-bond acceptors (Lipinski definition) is 4. The molecule has 1 aliphatic heterocycles. The zero-order valence-electron chi connectivity index (χ0n) is 14.4. The minimum atomic E-state index is -0.218. The molecule has 1 aliphatic rings. The number of hydrogen-bond donors (Lipinski definition) is 0. The summed E-state index contributed by atoms with van der Waals surface area (Å²) in [6.07, 6.45) is 1.79. The van der Waals surface area contributed by atoms with Gasteiger partial charge in [0.05, 0.1) is 12.7 Å². The maximum atomic E-state index is 12.1. The molecule has 0 aromatic heterocycles. The van der Waals surface area contributed by atoms with Crippen molar-refractivity contribution in [1.82, 2.24) is 4.90 Å². The van der Waals surface area contributed by atoms with Crippen molar-refractivity contribution < 1.29 is 14.3 Å². The van der Waals surface area contributed by atoms with Crippen LogP contribution in [0.4, 0.5) is 0 Å². The van der Waals surface area contributed by atoms with Crippen molar-refractivity contribution in [1.29, 1.82) is 0 Å². The van der Waals surface area contributed by atoms with Gasteiger partial charge in [-0.3, -0.25) is 4.90 Å². The molecular weight excluding hydrogens is 338 g/mol. The van der Waals surface area contributed by atoms with E-state index in [9.17, 15) is 4.79 Å². The number of carbonyl (C=O) groups excluding carboxylic acids is 1. The summed E-state index contributed by atoms with van der Waals surface area (Å²) in [5.41, 5.74) is 1.90. The van der Waals surface area contributed by atoms with Crippen LogP contribution in [0, 0.1) is 0 Å². The molecule has 0 radical (unpaired) electrons. The highest BCUT2D eigenvalue weighted by Gasteiger charge is 2.22. The first-order valence-electron chi connectivity index (χ1n) is 8.36. The van der Waals surface area contributed by atoms with Gasteiger partial charge in [0.15, 0.2) is 0 Å². The lowest BCUT2D eigenvalue weighted by Gasteiger charge is -2.31. The molecule has 134 valence electrons. The molecule has 0 atom stereocenters. The Balaban J connectivity index is 0.00000225. The molecule has 0 aliphatic carbocycles. The number of benzene rings is 2.